The third kappa shape index (κ3) is 3.81. The number of likely N-dealkylation sites (N-methyl/N-ethyl adjacent to an activating group) is 1. The molecule has 1 aliphatic heterocycles. The maximum Gasteiger partial charge on any atom is 0.433 e. The standard InChI is InChI=1S/C16H18F3N5/c1-23(15-20-6-2-7-21-15)13-5-8-24(11-13)10-12-3-4-14(22-9-12)16(17,18)19/h2-4,6-7,9,13H,5,8,10-11H2,1H3. The van der Waals surface area contributed by atoms with Gasteiger partial charge in [0.1, 0.15) is 5.69 Å². The Hall–Kier alpha value is -2.22. The van der Waals surface area contributed by atoms with Crippen molar-refractivity contribution in [3.63, 3.8) is 0 Å². The molecule has 0 N–H and O–H groups in total. The lowest BCUT2D eigenvalue weighted by Crippen LogP contribution is -2.35. The number of anilines is 1. The quantitative estimate of drug-likeness (QED) is 0.858. The molecule has 2 aromatic heterocycles. The van der Waals surface area contributed by atoms with E-state index in [2.05, 4.69) is 19.9 Å². The van der Waals surface area contributed by atoms with Crippen molar-refractivity contribution >= 4 is 5.95 Å². The molecule has 0 aliphatic carbocycles. The van der Waals surface area contributed by atoms with Crippen molar-refractivity contribution in [2.75, 3.05) is 25.0 Å². The summed E-state index contributed by atoms with van der Waals surface area (Å²) in [6.07, 6.45) is 1.29. The summed E-state index contributed by atoms with van der Waals surface area (Å²) in [4.78, 5) is 16.3. The number of hydrogen-bond donors (Lipinski definition) is 0. The highest BCUT2D eigenvalue weighted by Gasteiger charge is 2.32. The summed E-state index contributed by atoms with van der Waals surface area (Å²) in [6.45, 7) is 2.28. The van der Waals surface area contributed by atoms with Gasteiger partial charge in [-0.15, -0.1) is 0 Å². The first kappa shape index (κ1) is 16.6. The molecule has 1 saturated heterocycles. The highest BCUT2D eigenvalue weighted by atomic mass is 19.4. The number of nitrogens with zero attached hydrogens (tertiary/aromatic N) is 5. The van der Waals surface area contributed by atoms with Crippen LogP contribution >= 0.6 is 0 Å². The van der Waals surface area contributed by atoms with Crippen LogP contribution in [0.3, 0.4) is 0 Å². The molecule has 3 heterocycles. The highest BCUT2D eigenvalue weighted by Crippen LogP contribution is 2.27. The summed E-state index contributed by atoms with van der Waals surface area (Å²) in [5, 5.41) is 0. The first-order valence-corrected chi connectivity index (χ1v) is 7.68. The number of pyridine rings is 1. The van der Waals surface area contributed by atoms with E-state index in [0.29, 0.717) is 12.5 Å². The van der Waals surface area contributed by atoms with Crippen LogP contribution in [0.25, 0.3) is 0 Å². The van der Waals surface area contributed by atoms with Crippen LogP contribution in [0, 0.1) is 0 Å². The molecule has 0 radical (unpaired) electrons. The van der Waals surface area contributed by atoms with Crippen LogP contribution in [0.15, 0.2) is 36.8 Å². The SMILES string of the molecule is CN(c1ncccn1)C1CCN(Cc2ccc(C(F)(F)F)nc2)C1. The molecule has 128 valence electrons. The maximum absolute atomic E-state index is 12.5. The lowest BCUT2D eigenvalue weighted by atomic mass is 10.2. The zero-order chi connectivity index (χ0) is 17.2. The molecular formula is C16H18F3N5. The van der Waals surface area contributed by atoms with Gasteiger partial charge in [0.25, 0.3) is 0 Å². The number of alkyl halides is 3. The van der Waals surface area contributed by atoms with Gasteiger partial charge >= 0.3 is 6.18 Å². The summed E-state index contributed by atoms with van der Waals surface area (Å²) >= 11 is 0. The fourth-order valence-electron chi connectivity index (χ4n) is 2.85. The van der Waals surface area contributed by atoms with Crippen molar-refractivity contribution in [2.24, 2.45) is 0 Å². The zero-order valence-electron chi connectivity index (χ0n) is 13.2. The molecule has 3 rings (SSSR count). The molecule has 1 fully saturated rings. The van der Waals surface area contributed by atoms with E-state index in [4.69, 9.17) is 0 Å². The van der Waals surface area contributed by atoms with Gasteiger partial charge in [-0.3, -0.25) is 9.88 Å². The molecule has 1 unspecified atom stereocenters. The van der Waals surface area contributed by atoms with Crippen LogP contribution < -0.4 is 4.90 Å². The predicted octanol–water partition coefficient (Wildman–Crippen LogP) is 2.60. The fourth-order valence-corrected chi connectivity index (χ4v) is 2.85. The minimum Gasteiger partial charge on any atom is -0.340 e. The Morgan fingerprint density at radius 3 is 2.58 bits per heavy atom. The highest BCUT2D eigenvalue weighted by molar-refractivity contribution is 5.29. The van der Waals surface area contributed by atoms with Gasteiger partial charge in [-0.2, -0.15) is 13.2 Å². The molecule has 1 atom stereocenters. The van der Waals surface area contributed by atoms with Gasteiger partial charge in [-0.1, -0.05) is 6.07 Å². The molecular weight excluding hydrogens is 319 g/mol. The molecule has 24 heavy (non-hydrogen) atoms. The molecule has 0 aromatic carbocycles. The molecule has 0 amide bonds. The van der Waals surface area contributed by atoms with E-state index >= 15 is 0 Å². The Kier molecular flexibility index (Phi) is 4.66. The van der Waals surface area contributed by atoms with Crippen molar-refractivity contribution in [1.29, 1.82) is 0 Å². The Bertz CT molecular complexity index is 660. The Morgan fingerprint density at radius 1 is 1.21 bits per heavy atom. The Labute approximate surface area is 138 Å². The fraction of sp³-hybridized carbons (Fsp3) is 0.438. The molecule has 5 nitrogen and oxygen atoms in total. The van der Waals surface area contributed by atoms with Gasteiger partial charge in [0.05, 0.1) is 0 Å². The summed E-state index contributed by atoms with van der Waals surface area (Å²) in [6, 6.07) is 4.59. The summed E-state index contributed by atoms with van der Waals surface area (Å²) in [5.41, 5.74) is -0.0752. The summed E-state index contributed by atoms with van der Waals surface area (Å²) in [7, 11) is 1.96. The second-order valence-electron chi connectivity index (χ2n) is 5.89. The van der Waals surface area contributed by atoms with Gasteiger partial charge in [-0.25, -0.2) is 9.97 Å². The molecule has 0 spiro atoms. The van der Waals surface area contributed by atoms with E-state index in [0.717, 1.165) is 31.1 Å². The van der Waals surface area contributed by atoms with E-state index < -0.39 is 11.9 Å². The summed E-state index contributed by atoms with van der Waals surface area (Å²) < 4.78 is 37.6. The van der Waals surface area contributed by atoms with Crippen LogP contribution in [-0.2, 0) is 12.7 Å². The number of aromatic nitrogens is 3. The van der Waals surface area contributed by atoms with Crippen molar-refractivity contribution in [3.05, 3.63) is 48.0 Å². The molecule has 8 heteroatoms. The molecule has 2 aromatic rings. The van der Waals surface area contributed by atoms with E-state index in [-0.39, 0.29) is 6.04 Å². The normalized spacial score (nSPS) is 18.8. The van der Waals surface area contributed by atoms with Crippen molar-refractivity contribution < 1.29 is 13.2 Å². The van der Waals surface area contributed by atoms with E-state index in [9.17, 15) is 13.2 Å². The molecule has 0 bridgehead atoms. The predicted molar refractivity (Wildman–Crippen MR) is 83.4 cm³/mol. The first-order chi connectivity index (χ1) is 11.4. The number of likely N-dealkylation sites (tertiary alicyclic amines) is 1. The van der Waals surface area contributed by atoms with Crippen LogP contribution in [-0.4, -0.2) is 46.0 Å². The van der Waals surface area contributed by atoms with Crippen LogP contribution in [0.5, 0.6) is 0 Å². The minimum absolute atomic E-state index is 0.287. The number of hydrogen-bond acceptors (Lipinski definition) is 5. The third-order valence-corrected chi connectivity index (χ3v) is 4.18. The van der Waals surface area contributed by atoms with Crippen molar-refractivity contribution in [1.82, 2.24) is 19.9 Å². The van der Waals surface area contributed by atoms with E-state index in [1.807, 2.05) is 11.9 Å². The first-order valence-electron chi connectivity index (χ1n) is 7.68. The Balaban J connectivity index is 1.58. The average molecular weight is 337 g/mol. The topological polar surface area (TPSA) is 45.2 Å². The van der Waals surface area contributed by atoms with Gasteiger partial charge in [0, 0.05) is 51.3 Å². The van der Waals surface area contributed by atoms with Gasteiger partial charge in [-0.05, 0) is 24.1 Å². The number of halogens is 3. The average Bonchev–Trinajstić information content (AvgIpc) is 3.03. The van der Waals surface area contributed by atoms with E-state index in [1.165, 1.54) is 12.3 Å². The largest absolute Gasteiger partial charge is 0.433 e. The molecule has 0 saturated carbocycles. The van der Waals surface area contributed by atoms with Gasteiger partial charge in [0.2, 0.25) is 5.95 Å². The lowest BCUT2D eigenvalue weighted by Gasteiger charge is -2.24. The van der Waals surface area contributed by atoms with Crippen LogP contribution in [0.4, 0.5) is 19.1 Å². The summed E-state index contributed by atoms with van der Waals surface area (Å²) in [5.74, 6) is 0.681. The second-order valence-corrected chi connectivity index (χ2v) is 5.89. The maximum atomic E-state index is 12.5. The lowest BCUT2D eigenvalue weighted by molar-refractivity contribution is -0.141. The van der Waals surface area contributed by atoms with Crippen LogP contribution in [0.1, 0.15) is 17.7 Å². The van der Waals surface area contributed by atoms with Gasteiger partial charge in [0.15, 0.2) is 0 Å². The monoisotopic (exact) mass is 337 g/mol. The van der Waals surface area contributed by atoms with E-state index in [1.54, 1.807) is 18.5 Å². The number of rotatable bonds is 4. The smallest absolute Gasteiger partial charge is 0.340 e. The van der Waals surface area contributed by atoms with Crippen molar-refractivity contribution in [3.8, 4) is 0 Å². The Morgan fingerprint density at radius 2 is 1.96 bits per heavy atom. The van der Waals surface area contributed by atoms with Crippen molar-refractivity contribution in [2.45, 2.75) is 25.2 Å². The van der Waals surface area contributed by atoms with Gasteiger partial charge < -0.3 is 4.90 Å². The molecule has 1 aliphatic rings. The van der Waals surface area contributed by atoms with Crippen LogP contribution in [0.2, 0.25) is 0 Å². The second kappa shape index (κ2) is 6.72. The zero-order valence-corrected chi connectivity index (χ0v) is 13.2. The third-order valence-electron chi connectivity index (χ3n) is 4.18. The minimum atomic E-state index is -4.39.